The molecule has 6 nitrogen and oxygen atoms in total. The number of amides is 1. The average Bonchev–Trinajstić information content (AvgIpc) is 3.25. The molecule has 6 heteroatoms. The van der Waals surface area contributed by atoms with E-state index in [-0.39, 0.29) is 17.8 Å². The first-order valence-corrected chi connectivity index (χ1v) is 12.1. The Labute approximate surface area is 196 Å². The molecule has 1 fully saturated rings. The number of pyridine rings is 1. The Morgan fingerprint density at radius 1 is 1.12 bits per heavy atom. The summed E-state index contributed by atoms with van der Waals surface area (Å²) in [6.45, 7) is 2.95. The van der Waals surface area contributed by atoms with E-state index in [1.165, 1.54) is 11.1 Å². The molecule has 4 rings (SSSR count). The molecule has 0 saturated carbocycles. The van der Waals surface area contributed by atoms with Crippen LogP contribution in [0.2, 0.25) is 0 Å². The first kappa shape index (κ1) is 23.4. The molecular formula is C27H34N2O4. The van der Waals surface area contributed by atoms with Crippen molar-refractivity contribution in [1.29, 1.82) is 0 Å². The number of benzene rings is 1. The van der Waals surface area contributed by atoms with Crippen LogP contribution in [-0.2, 0) is 17.6 Å². The predicted octanol–water partition coefficient (Wildman–Crippen LogP) is 3.99. The zero-order chi connectivity index (χ0) is 23.2. The van der Waals surface area contributed by atoms with Gasteiger partial charge in [0.05, 0.1) is 6.10 Å². The minimum Gasteiger partial charge on any atom is -0.474 e. The van der Waals surface area contributed by atoms with E-state index >= 15 is 0 Å². The van der Waals surface area contributed by atoms with Gasteiger partial charge < -0.3 is 14.7 Å². The molecule has 0 spiro atoms. The van der Waals surface area contributed by atoms with Crippen molar-refractivity contribution in [3.63, 3.8) is 0 Å². The maximum absolute atomic E-state index is 12.7. The number of nitrogens with zero attached hydrogens (tertiary/aromatic N) is 2. The standard InChI is InChI=1S/C27H34N2O4/c1-19(30)29-14-11-25(12-15-29)33-27-18-23(10-13-28-27)26(32)9-8-24(31)7-6-20-16-21-4-2-3-5-22(21)17-20/h2-5,10,13,18,20,24-25,31H,6-9,11-12,14-17H2,1H3. The highest BCUT2D eigenvalue weighted by molar-refractivity contribution is 5.96. The van der Waals surface area contributed by atoms with Gasteiger partial charge in [-0.05, 0) is 55.2 Å². The van der Waals surface area contributed by atoms with Crippen molar-refractivity contribution in [3.05, 3.63) is 59.3 Å². The fraction of sp³-hybridized carbons (Fsp3) is 0.519. The number of hydrogen-bond donors (Lipinski definition) is 1. The summed E-state index contributed by atoms with van der Waals surface area (Å²) in [6, 6.07) is 12.0. The molecule has 0 radical (unpaired) electrons. The lowest BCUT2D eigenvalue weighted by molar-refractivity contribution is -0.130. The molecule has 2 heterocycles. The third kappa shape index (κ3) is 6.41. The minimum atomic E-state index is -0.457. The van der Waals surface area contributed by atoms with Gasteiger partial charge in [-0.3, -0.25) is 9.59 Å². The average molecular weight is 451 g/mol. The number of piperidine rings is 1. The normalized spacial score (nSPS) is 17.6. The molecule has 1 saturated heterocycles. The van der Waals surface area contributed by atoms with Gasteiger partial charge in [-0.1, -0.05) is 24.3 Å². The fourth-order valence-electron chi connectivity index (χ4n) is 4.98. The smallest absolute Gasteiger partial charge is 0.219 e. The first-order valence-electron chi connectivity index (χ1n) is 12.1. The first-order chi connectivity index (χ1) is 16.0. The van der Waals surface area contributed by atoms with Gasteiger partial charge in [-0.15, -0.1) is 0 Å². The predicted molar refractivity (Wildman–Crippen MR) is 126 cm³/mol. The van der Waals surface area contributed by atoms with Gasteiger partial charge >= 0.3 is 0 Å². The van der Waals surface area contributed by atoms with Gasteiger partial charge in [0.15, 0.2) is 5.78 Å². The van der Waals surface area contributed by atoms with Crippen LogP contribution in [0.5, 0.6) is 5.88 Å². The van der Waals surface area contributed by atoms with Gasteiger partial charge in [0.1, 0.15) is 6.10 Å². The third-order valence-electron chi connectivity index (χ3n) is 6.98. The van der Waals surface area contributed by atoms with E-state index in [4.69, 9.17) is 4.74 Å². The molecule has 1 aromatic heterocycles. The van der Waals surface area contributed by atoms with Crippen LogP contribution in [0.3, 0.4) is 0 Å². The summed E-state index contributed by atoms with van der Waals surface area (Å²) in [7, 11) is 0. The molecule has 1 aromatic carbocycles. The molecule has 0 bridgehead atoms. The third-order valence-corrected chi connectivity index (χ3v) is 6.98. The number of aliphatic hydroxyl groups is 1. The number of fused-ring (bicyclic) bond motifs is 1. The Balaban J connectivity index is 1.19. The number of aromatic nitrogens is 1. The lowest BCUT2D eigenvalue weighted by Gasteiger charge is -2.31. The Hall–Kier alpha value is -2.73. The number of carbonyl (C=O) groups is 2. The molecule has 1 N–H and O–H groups in total. The molecule has 1 aliphatic heterocycles. The molecule has 1 atom stereocenters. The van der Waals surface area contributed by atoms with Crippen molar-refractivity contribution in [2.75, 3.05) is 13.1 Å². The van der Waals surface area contributed by atoms with Gasteiger partial charge in [0.2, 0.25) is 11.8 Å². The number of carbonyl (C=O) groups excluding carboxylic acids is 2. The van der Waals surface area contributed by atoms with Crippen molar-refractivity contribution in [3.8, 4) is 5.88 Å². The van der Waals surface area contributed by atoms with E-state index in [0.29, 0.717) is 43.3 Å². The number of rotatable bonds is 9. The largest absolute Gasteiger partial charge is 0.474 e. The Morgan fingerprint density at radius 3 is 2.48 bits per heavy atom. The number of ketones is 1. The van der Waals surface area contributed by atoms with Crippen LogP contribution in [0.1, 0.15) is 66.9 Å². The zero-order valence-corrected chi connectivity index (χ0v) is 19.4. The fourth-order valence-corrected chi connectivity index (χ4v) is 4.98. The summed E-state index contributed by atoms with van der Waals surface area (Å²) in [5.41, 5.74) is 3.44. The van der Waals surface area contributed by atoms with E-state index in [1.807, 2.05) is 4.90 Å². The second-order valence-electron chi connectivity index (χ2n) is 9.44. The molecule has 2 aliphatic rings. The Bertz CT molecular complexity index is 943. The van der Waals surface area contributed by atoms with Crippen molar-refractivity contribution < 1.29 is 19.4 Å². The van der Waals surface area contributed by atoms with E-state index in [9.17, 15) is 14.7 Å². The van der Waals surface area contributed by atoms with Crippen molar-refractivity contribution >= 4 is 11.7 Å². The highest BCUT2D eigenvalue weighted by Crippen LogP contribution is 2.30. The summed E-state index contributed by atoms with van der Waals surface area (Å²) >= 11 is 0. The highest BCUT2D eigenvalue weighted by Gasteiger charge is 2.23. The van der Waals surface area contributed by atoms with Crippen LogP contribution in [0, 0.1) is 5.92 Å². The molecule has 1 unspecified atom stereocenters. The van der Waals surface area contributed by atoms with E-state index in [1.54, 1.807) is 25.3 Å². The lowest BCUT2D eigenvalue weighted by atomic mass is 9.95. The zero-order valence-electron chi connectivity index (χ0n) is 19.4. The van der Waals surface area contributed by atoms with Gasteiger partial charge in [0.25, 0.3) is 0 Å². The van der Waals surface area contributed by atoms with E-state index in [2.05, 4.69) is 29.2 Å². The molecule has 1 amide bonds. The number of hydrogen-bond acceptors (Lipinski definition) is 5. The van der Waals surface area contributed by atoms with E-state index < -0.39 is 6.10 Å². The van der Waals surface area contributed by atoms with Gasteiger partial charge in [0, 0.05) is 57.1 Å². The second-order valence-corrected chi connectivity index (χ2v) is 9.44. The summed E-state index contributed by atoms with van der Waals surface area (Å²) < 4.78 is 5.97. The quantitative estimate of drug-likeness (QED) is 0.585. The van der Waals surface area contributed by atoms with Gasteiger partial charge in [-0.2, -0.15) is 0 Å². The SMILES string of the molecule is CC(=O)N1CCC(Oc2cc(C(=O)CCC(O)CCC3Cc4ccccc4C3)ccn2)CC1. The maximum Gasteiger partial charge on any atom is 0.219 e. The lowest BCUT2D eigenvalue weighted by Crippen LogP contribution is -2.40. The summed E-state index contributed by atoms with van der Waals surface area (Å²) in [5.74, 6) is 1.13. The number of aliphatic hydroxyl groups excluding tert-OH is 1. The van der Waals surface area contributed by atoms with Crippen LogP contribution in [0.25, 0.3) is 0 Å². The number of likely N-dealkylation sites (tertiary alicyclic amines) is 1. The van der Waals surface area contributed by atoms with E-state index in [0.717, 1.165) is 38.5 Å². The Kier molecular flexibility index (Phi) is 7.76. The summed E-state index contributed by atoms with van der Waals surface area (Å²) in [5, 5.41) is 10.4. The van der Waals surface area contributed by atoms with Crippen molar-refractivity contribution in [2.24, 2.45) is 5.92 Å². The van der Waals surface area contributed by atoms with Crippen LogP contribution in [-0.4, -0.2) is 52.0 Å². The Morgan fingerprint density at radius 2 is 1.82 bits per heavy atom. The second kappa shape index (κ2) is 10.9. The highest BCUT2D eigenvalue weighted by atomic mass is 16.5. The van der Waals surface area contributed by atoms with Crippen LogP contribution < -0.4 is 4.74 Å². The molecule has 33 heavy (non-hydrogen) atoms. The minimum absolute atomic E-state index is 0.000899. The number of Topliss-reactive ketones (excluding diaryl/α,β-unsaturated/α-hetero) is 1. The van der Waals surface area contributed by atoms with Gasteiger partial charge in [-0.25, -0.2) is 4.98 Å². The molecule has 2 aromatic rings. The topological polar surface area (TPSA) is 79.7 Å². The van der Waals surface area contributed by atoms with Crippen LogP contribution in [0.15, 0.2) is 42.6 Å². The number of ether oxygens (including phenoxy) is 1. The summed E-state index contributed by atoms with van der Waals surface area (Å²) in [6.07, 6.45) is 7.35. The molecule has 1 aliphatic carbocycles. The van der Waals surface area contributed by atoms with Crippen LogP contribution in [0.4, 0.5) is 0 Å². The van der Waals surface area contributed by atoms with Crippen LogP contribution >= 0.6 is 0 Å². The molecular weight excluding hydrogens is 416 g/mol. The maximum atomic E-state index is 12.7. The van der Waals surface area contributed by atoms with Crippen molar-refractivity contribution in [1.82, 2.24) is 9.88 Å². The summed E-state index contributed by atoms with van der Waals surface area (Å²) in [4.78, 5) is 30.2. The van der Waals surface area contributed by atoms with Crippen molar-refractivity contribution in [2.45, 2.75) is 70.5 Å². The molecule has 176 valence electrons. The monoisotopic (exact) mass is 450 g/mol.